The van der Waals surface area contributed by atoms with Gasteiger partial charge in [0.25, 0.3) is 11.4 Å². The fourth-order valence-corrected chi connectivity index (χ4v) is 4.69. The van der Waals surface area contributed by atoms with Gasteiger partial charge in [-0.2, -0.15) is 18.3 Å². The summed E-state index contributed by atoms with van der Waals surface area (Å²) in [6.07, 6.45) is 0.657. The highest BCUT2D eigenvalue weighted by Gasteiger charge is 2.71. The summed E-state index contributed by atoms with van der Waals surface area (Å²) in [4.78, 5) is 8.98. The van der Waals surface area contributed by atoms with Crippen LogP contribution in [0.4, 0.5) is 13.2 Å². The Balaban J connectivity index is 1.77. The Kier molecular flexibility index (Phi) is 3.54. The molecule has 4 aromatic heterocycles. The van der Waals surface area contributed by atoms with Crippen molar-refractivity contribution >= 4 is 0 Å². The maximum atomic E-state index is 13.7. The molecular weight excluding hydrogens is 433 g/mol. The molecule has 1 atom stereocenters. The molecule has 0 radical (unpaired) electrons. The van der Waals surface area contributed by atoms with E-state index in [1.165, 1.54) is 4.68 Å². The molecule has 0 bridgehead atoms. The molecule has 0 saturated heterocycles. The van der Waals surface area contributed by atoms with Gasteiger partial charge in [0.1, 0.15) is 17.7 Å². The fourth-order valence-electron chi connectivity index (χ4n) is 4.69. The van der Waals surface area contributed by atoms with Crippen molar-refractivity contribution in [2.45, 2.75) is 52.1 Å². The predicted octanol–water partition coefficient (Wildman–Crippen LogP) is 2.55. The largest absolute Gasteiger partial charge is 0.584 e. The molecule has 11 heteroatoms. The van der Waals surface area contributed by atoms with Crippen LogP contribution in [-0.2, 0) is 17.5 Å². The zero-order valence-electron chi connectivity index (χ0n) is 18.7. The maximum Gasteiger partial charge on any atom is 0.584 e. The third-order valence-electron chi connectivity index (χ3n) is 6.21. The molecule has 0 saturated carbocycles. The number of nitrogens with zero attached hydrogens (tertiary/aromatic N) is 8. The van der Waals surface area contributed by atoms with Crippen LogP contribution >= 0.6 is 0 Å². The van der Waals surface area contributed by atoms with Crippen LogP contribution in [0.2, 0.25) is 0 Å². The molecule has 4 aromatic rings. The predicted molar refractivity (Wildman–Crippen MR) is 109 cm³/mol. The Morgan fingerprint density at radius 1 is 0.970 bits per heavy atom. The van der Waals surface area contributed by atoms with Gasteiger partial charge in [-0.15, -0.1) is 9.78 Å². The molecule has 33 heavy (non-hydrogen) atoms. The first-order chi connectivity index (χ1) is 15.4. The molecule has 0 amide bonds. The van der Waals surface area contributed by atoms with E-state index in [2.05, 4.69) is 40.9 Å². The molecular formula is C22H21F3N8+2. The van der Waals surface area contributed by atoms with Gasteiger partial charge in [-0.25, -0.2) is 9.97 Å². The summed E-state index contributed by atoms with van der Waals surface area (Å²) in [5, 5.41) is 8.69. The van der Waals surface area contributed by atoms with E-state index in [9.17, 15) is 13.2 Å². The van der Waals surface area contributed by atoms with Crippen molar-refractivity contribution in [1.82, 2.24) is 29.5 Å². The van der Waals surface area contributed by atoms with Gasteiger partial charge in [-0.1, -0.05) is 34.6 Å². The maximum absolute atomic E-state index is 13.7. The van der Waals surface area contributed by atoms with Crippen LogP contribution in [0, 0.1) is 13.8 Å². The number of halogens is 3. The van der Waals surface area contributed by atoms with Crippen LogP contribution < -0.4 is 9.13 Å². The van der Waals surface area contributed by atoms with Gasteiger partial charge in [-0.3, -0.25) is 0 Å². The molecule has 2 aliphatic rings. The summed E-state index contributed by atoms with van der Waals surface area (Å²) < 4.78 is 47.9. The molecule has 0 fully saturated rings. The molecule has 2 aliphatic heterocycles. The highest BCUT2D eigenvalue weighted by molar-refractivity contribution is 5.56. The van der Waals surface area contributed by atoms with Crippen LogP contribution in [0.1, 0.15) is 43.5 Å². The van der Waals surface area contributed by atoms with E-state index >= 15 is 0 Å². The number of hydrogen-bond acceptors (Lipinski definition) is 4. The lowest BCUT2D eigenvalue weighted by Gasteiger charge is -2.19. The quantitative estimate of drug-likeness (QED) is 0.331. The standard InChI is InChI=1S/C22H21F3N8/c1-12-11-31-17(10-26-12)15-9-18(21(23,24)25)29-32(15)22(31)30-7-6-14(20(3,4)5)8-16(30)19-27-13(2)28-33(19)22/h6-11H,1-5H3/q+2. The summed E-state index contributed by atoms with van der Waals surface area (Å²) in [6, 6.07) is 5.06. The van der Waals surface area contributed by atoms with Crippen LogP contribution in [0.25, 0.3) is 22.9 Å². The molecule has 0 aliphatic carbocycles. The second-order valence-electron chi connectivity index (χ2n) is 9.52. The number of rotatable bonds is 0. The van der Waals surface area contributed by atoms with Gasteiger partial charge in [0.05, 0.1) is 0 Å². The van der Waals surface area contributed by atoms with Gasteiger partial charge in [-0.05, 0) is 24.8 Å². The van der Waals surface area contributed by atoms with Crippen molar-refractivity contribution < 1.29 is 22.3 Å². The van der Waals surface area contributed by atoms with Crippen LogP contribution in [0.5, 0.6) is 0 Å². The molecule has 1 spiro atoms. The minimum Gasteiger partial charge on any atom is -0.248 e. The number of hydrogen-bond donors (Lipinski definition) is 0. The van der Waals surface area contributed by atoms with Gasteiger partial charge >= 0.3 is 12.1 Å². The first-order valence-corrected chi connectivity index (χ1v) is 10.5. The smallest absolute Gasteiger partial charge is 0.248 e. The Morgan fingerprint density at radius 2 is 1.73 bits per heavy atom. The Morgan fingerprint density at radius 3 is 2.42 bits per heavy atom. The number of alkyl halides is 3. The lowest BCUT2D eigenvalue weighted by Crippen LogP contribution is -2.77. The summed E-state index contributed by atoms with van der Waals surface area (Å²) >= 11 is 0. The normalized spacial score (nSPS) is 18.4. The van der Waals surface area contributed by atoms with E-state index in [1.54, 1.807) is 24.0 Å². The first-order valence-electron chi connectivity index (χ1n) is 10.5. The van der Waals surface area contributed by atoms with Gasteiger partial charge in [0, 0.05) is 18.2 Å². The van der Waals surface area contributed by atoms with Crippen LogP contribution in [-0.4, -0.2) is 29.5 Å². The van der Waals surface area contributed by atoms with Crippen molar-refractivity contribution in [3.8, 4) is 22.9 Å². The van der Waals surface area contributed by atoms with Crippen molar-refractivity contribution in [2.24, 2.45) is 0 Å². The van der Waals surface area contributed by atoms with Gasteiger partial charge in [0.15, 0.2) is 17.6 Å². The fraction of sp³-hybridized carbons (Fsp3) is 0.364. The zero-order valence-corrected chi connectivity index (χ0v) is 18.7. The zero-order chi connectivity index (χ0) is 23.5. The molecule has 1 unspecified atom stereocenters. The SMILES string of the molecule is Cc1c[n+]2c(cn1)-c1cc(C(F)(F)F)nn1C21n2nc(C)nc2-c2cc(C(C)(C)C)cc[n+]21. The summed E-state index contributed by atoms with van der Waals surface area (Å²) in [6.45, 7) is 9.92. The highest BCUT2D eigenvalue weighted by Crippen LogP contribution is 2.40. The number of aryl methyl sites for hydroxylation is 2. The molecule has 6 heterocycles. The summed E-state index contributed by atoms with van der Waals surface area (Å²) in [7, 11) is 0. The van der Waals surface area contributed by atoms with Crippen molar-refractivity contribution in [1.29, 1.82) is 0 Å². The van der Waals surface area contributed by atoms with Crippen LogP contribution in [0.3, 0.4) is 0 Å². The number of fused-ring (bicyclic) bond motifs is 10. The first kappa shape index (κ1) is 20.0. The minimum absolute atomic E-state index is 0.132. The van der Waals surface area contributed by atoms with E-state index in [4.69, 9.17) is 0 Å². The van der Waals surface area contributed by atoms with Crippen molar-refractivity contribution in [3.63, 3.8) is 0 Å². The molecule has 0 aromatic carbocycles. The van der Waals surface area contributed by atoms with E-state index in [-0.39, 0.29) is 5.41 Å². The van der Waals surface area contributed by atoms with Gasteiger partial charge in [0.2, 0.25) is 12.0 Å². The van der Waals surface area contributed by atoms with Crippen LogP contribution in [0.15, 0.2) is 36.8 Å². The lowest BCUT2D eigenvalue weighted by molar-refractivity contribution is -0.991. The summed E-state index contributed by atoms with van der Waals surface area (Å²) in [5.74, 6) is -0.297. The third kappa shape index (κ3) is 2.42. The van der Waals surface area contributed by atoms with E-state index in [0.29, 0.717) is 28.7 Å². The monoisotopic (exact) mass is 454 g/mol. The second kappa shape index (κ2) is 5.83. The lowest BCUT2D eigenvalue weighted by atomic mass is 9.87. The second-order valence-corrected chi connectivity index (χ2v) is 9.52. The van der Waals surface area contributed by atoms with E-state index in [0.717, 1.165) is 17.3 Å². The number of pyridine rings is 1. The Bertz CT molecular complexity index is 1470. The molecule has 0 N–H and O–H groups in total. The average molecular weight is 454 g/mol. The highest BCUT2D eigenvalue weighted by atomic mass is 19.4. The summed E-state index contributed by atoms with van der Waals surface area (Å²) in [5.41, 5.74) is 2.22. The molecule has 168 valence electrons. The Labute approximate surface area is 187 Å². The van der Waals surface area contributed by atoms with E-state index < -0.39 is 17.8 Å². The number of aromatic nitrogens is 8. The molecule has 6 rings (SSSR count). The van der Waals surface area contributed by atoms with Gasteiger partial charge < -0.3 is 0 Å². The topological polar surface area (TPSA) is 69.2 Å². The molecule has 8 nitrogen and oxygen atoms in total. The van der Waals surface area contributed by atoms with Crippen molar-refractivity contribution in [2.75, 3.05) is 0 Å². The third-order valence-corrected chi connectivity index (χ3v) is 6.21. The van der Waals surface area contributed by atoms with E-state index in [1.807, 2.05) is 34.4 Å². The minimum atomic E-state index is -4.59. The Hall–Kier alpha value is -3.63. The average Bonchev–Trinajstić information content (AvgIpc) is 3.42. The van der Waals surface area contributed by atoms with Crippen molar-refractivity contribution in [3.05, 3.63) is 59.6 Å².